The van der Waals surface area contributed by atoms with Crippen LogP contribution in [-0.4, -0.2) is 14.4 Å². The molecule has 0 aliphatic heterocycles. The molecule has 0 radical (unpaired) electrons. The van der Waals surface area contributed by atoms with Crippen LogP contribution in [0, 0.1) is 6.92 Å². The summed E-state index contributed by atoms with van der Waals surface area (Å²) in [6.45, 7) is 1.81. The van der Waals surface area contributed by atoms with Gasteiger partial charge in [0, 0.05) is 29.2 Å². The van der Waals surface area contributed by atoms with E-state index in [1.54, 1.807) is 18.5 Å². The van der Waals surface area contributed by atoms with Gasteiger partial charge in [0.05, 0.1) is 10.0 Å². The van der Waals surface area contributed by atoms with Gasteiger partial charge in [0.15, 0.2) is 5.65 Å². The lowest BCUT2D eigenvalue weighted by molar-refractivity contribution is 0.975. The van der Waals surface area contributed by atoms with Gasteiger partial charge in [0.2, 0.25) is 0 Å². The summed E-state index contributed by atoms with van der Waals surface area (Å²) in [5, 5.41) is 0.915. The minimum Gasteiger partial charge on any atom is -0.311 e. The van der Waals surface area contributed by atoms with Gasteiger partial charge in [0.1, 0.15) is 0 Å². The molecule has 1 aromatic carbocycles. The van der Waals surface area contributed by atoms with Crippen molar-refractivity contribution in [3.8, 4) is 11.1 Å². The highest BCUT2D eigenvalue weighted by Gasteiger charge is 2.15. The highest BCUT2D eigenvalue weighted by Crippen LogP contribution is 2.35. The van der Waals surface area contributed by atoms with Crippen LogP contribution >= 0.6 is 23.2 Å². The van der Waals surface area contributed by atoms with Crippen molar-refractivity contribution >= 4 is 28.8 Å². The van der Waals surface area contributed by atoms with Crippen molar-refractivity contribution in [1.82, 2.24) is 14.4 Å². The monoisotopic (exact) mass is 293 g/mol. The lowest BCUT2D eigenvalue weighted by Crippen LogP contribution is -2.17. The average molecular weight is 294 g/mol. The maximum atomic E-state index is 11.8. The van der Waals surface area contributed by atoms with E-state index < -0.39 is 0 Å². The van der Waals surface area contributed by atoms with E-state index in [1.807, 2.05) is 19.1 Å². The number of hydrogen-bond acceptors (Lipinski definition) is 2. The molecule has 0 saturated heterocycles. The molecule has 3 rings (SSSR count). The van der Waals surface area contributed by atoms with E-state index in [9.17, 15) is 4.79 Å². The smallest absolute Gasteiger partial charge is 0.311 e. The Balaban J connectivity index is 2.46. The van der Waals surface area contributed by atoms with Crippen molar-refractivity contribution in [2.75, 3.05) is 0 Å². The summed E-state index contributed by atoms with van der Waals surface area (Å²) in [7, 11) is 0. The Morgan fingerprint density at radius 2 is 2.11 bits per heavy atom. The Labute approximate surface area is 118 Å². The van der Waals surface area contributed by atoms with Crippen LogP contribution in [-0.2, 0) is 0 Å². The molecule has 0 unspecified atom stereocenters. The fourth-order valence-corrected chi connectivity index (χ4v) is 2.52. The highest BCUT2D eigenvalue weighted by atomic mass is 35.5. The molecule has 3 aromatic rings. The normalized spacial score (nSPS) is 11.1. The van der Waals surface area contributed by atoms with E-state index in [1.165, 1.54) is 4.40 Å². The zero-order chi connectivity index (χ0) is 13.6. The number of nitrogens with zero attached hydrogens (tertiary/aromatic N) is 2. The first-order valence-corrected chi connectivity index (χ1v) is 6.35. The minimum atomic E-state index is -0.230. The predicted molar refractivity (Wildman–Crippen MR) is 76.0 cm³/mol. The van der Waals surface area contributed by atoms with Crippen LogP contribution in [0.5, 0.6) is 0 Å². The standard InChI is InChI=1S/C13H9Cl2N3O/c1-7-10(8-3-2-4-9(14)11(8)15)12-16-5-6-18(12)13(19)17-7/h2-6H,1H3,(H,17,19). The van der Waals surface area contributed by atoms with Crippen molar-refractivity contribution in [2.45, 2.75) is 6.92 Å². The molecule has 0 aliphatic carbocycles. The molecular weight excluding hydrogens is 285 g/mol. The van der Waals surface area contributed by atoms with Crippen molar-refractivity contribution < 1.29 is 0 Å². The summed E-state index contributed by atoms with van der Waals surface area (Å²) in [6, 6.07) is 5.38. The largest absolute Gasteiger partial charge is 0.331 e. The number of rotatable bonds is 1. The van der Waals surface area contributed by atoms with Crippen LogP contribution in [0.3, 0.4) is 0 Å². The Kier molecular flexibility index (Phi) is 2.84. The maximum Gasteiger partial charge on any atom is 0.331 e. The van der Waals surface area contributed by atoms with E-state index in [0.717, 1.165) is 11.1 Å². The molecule has 2 heterocycles. The molecule has 0 fully saturated rings. The third-order valence-corrected chi connectivity index (χ3v) is 3.79. The summed E-state index contributed by atoms with van der Waals surface area (Å²) < 4.78 is 1.44. The molecule has 1 N–H and O–H groups in total. The average Bonchev–Trinajstić information content (AvgIpc) is 2.84. The van der Waals surface area contributed by atoms with Gasteiger partial charge in [0.25, 0.3) is 0 Å². The molecular formula is C13H9Cl2N3O. The summed E-state index contributed by atoms with van der Waals surface area (Å²) in [4.78, 5) is 18.8. The first-order chi connectivity index (χ1) is 9.09. The number of hydrogen-bond donors (Lipinski definition) is 1. The number of aromatic amines is 1. The highest BCUT2D eigenvalue weighted by molar-refractivity contribution is 6.43. The number of benzene rings is 1. The lowest BCUT2D eigenvalue weighted by Gasteiger charge is -2.10. The van der Waals surface area contributed by atoms with E-state index in [0.29, 0.717) is 21.4 Å². The van der Waals surface area contributed by atoms with Crippen molar-refractivity contribution in [2.24, 2.45) is 0 Å². The zero-order valence-electron chi connectivity index (χ0n) is 9.95. The Hall–Kier alpha value is -1.78. The van der Waals surface area contributed by atoms with E-state index in [-0.39, 0.29) is 5.69 Å². The molecule has 0 atom stereocenters. The summed E-state index contributed by atoms with van der Waals surface area (Å²) >= 11 is 12.3. The summed E-state index contributed by atoms with van der Waals surface area (Å²) in [6.07, 6.45) is 3.18. The van der Waals surface area contributed by atoms with Gasteiger partial charge in [-0.3, -0.25) is 4.40 Å². The molecule has 19 heavy (non-hydrogen) atoms. The summed E-state index contributed by atoms with van der Waals surface area (Å²) in [5.41, 5.74) is 2.56. The first-order valence-electron chi connectivity index (χ1n) is 5.60. The molecule has 0 spiro atoms. The van der Waals surface area contributed by atoms with Crippen LogP contribution in [0.4, 0.5) is 0 Å². The second-order valence-corrected chi connectivity index (χ2v) is 4.94. The zero-order valence-corrected chi connectivity index (χ0v) is 11.5. The molecule has 0 aliphatic rings. The number of halogens is 2. The van der Waals surface area contributed by atoms with Crippen molar-refractivity contribution in [3.05, 3.63) is 56.8 Å². The maximum absolute atomic E-state index is 11.8. The van der Waals surface area contributed by atoms with Gasteiger partial charge in [-0.05, 0) is 13.0 Å². The van der Waals surface area contributed by atoms with Gasteiger partial charge in [-0.1, -0.05) is 35.3 Å². The lowest BCUT2D eigenvalue weighted by atomic mass is 10.1. The van der Waals surface area contributed by atoms with Crippen LogP contribution in [0.2, 0.25) is 10.0 Å². The topological polar surface area (TPSA) is 50.2 Å². The first kappa shape index (κ1) is 12.3. The number of H-pyrrole nitrogens is 1. The van der Waals surface area contributed by atoms with Crippen LogP contribution in [0.25, 0.3) is 16.8 Å². The Bertz CT molecular complexity index is 836. The second kappa shape index (κ2) is 4.40. The number of fused-ring (bicyclic) bond motifs is 1. The summed E-state index contributed by atoms with van der Waals surface area (Å²) in [5.74, 6) is 0. The van der Waals surface area contributed by atoms with Crippen LogP contribution in [0.1, 0.15) is 5.69 Å². The van der Waals surface area contributed by atoms with Crippen molar-refractivity contribution in [1.29, 1.82) is 0 Å². The van der Waals surface area contributed by atoms with Gasteiger partial charge in [-0.15, -0.1) is 0 Å². The molecule has 6 heteroatoms. The number of imidazole rings is 1. The number of aryl methyl sites for hydroxylation is 1. The van der Waals surface area contributed by atoms with Gasteiger partial charge in [-0.25, -0.2) is 9.78 Å². The molecule has 96 valence electrons. The van der Waals surface area contributed by atoms with Gasteiger partial charge < -0.3 is 4.98 Å². The van der Waals surface area contributed by atoms with E-state index >= 15 is 0 Å². The predicted octanol–water partition coefficient (Wildman–Crippen LogP) is 3.30. The molecule has 0 bridgehead atoms. The molecule has 0 amide bonds. The molecule has 4 nitrogen and oxygen atoms in total. The van der Waals surface area contributed by atoms with Crippen LogP contribution < -0.4 is 5.69 Å². The van der Waals surface area contributed by atoms with E-state index in [2.05, 4.69) is 9.97 Å². The van der Waals surface area contributed by atoms with E-state index in [4.69, 9.17) is 23.2 Å². The molecule has 0 saturated carbocycles. The fourth-order valence-electron chi connectivity index (χ4n) is 2.12. The quantitative estimate of drug-likeness (QED) is 0.748. The third-order valence-electron chi connectivity index (χ3n) is 2.97. The second-order valence-electron chi connectivity index (χ2n) is 4.15. The SMILES string of the molecule is Cc1[nH]c(=O)n2ccnc2c1-c1cccc(Cl)c1Cl. The Morgan fingerprint density at radius 3 is 2.89 bits per heavy atom. The minimum absolute atomic E-state index is 0.230. The van der Waals surface area contributed by atoms with Gasteiger partial charge in [-0.2, -0.15) is 0 Å². The third kappa shape index (κ3) is 1.84. The fraction of sp³-hybridized carbons (Fsp3) is 0.0769. The Morgan fingerprint density at radius 1 is 1.32 bits per heavy atom. The van der Waals surface area contributed by atoms with Gasteiger partial charge >= 0.3 is 5.69 Å². The van der Waals surface area contributed by atoms with Crippen LogP contribution in [0.15, 0.2) is 35.4 Å². The van der Waals surface area contributed by atoms with Crippen molar-refractivity contribution in [3.63, 3.8) is 0 Å². The number of aromatic nitrogens is 3. The number of nitrogens with one attached hydrogen (secondary N) is 1. The molecule has 2 aromatic heterocycles.